The predicted molar refractivity (Wildman–Crippen MR) is 70.9 cm³/mol. The Bertz CT molecular complexity index is 450. The molecule has 1 heterocycles. The zero-order valence-corrected chi connectivity index (χ0v) is 11.6. The highest BCUT2D eigenvalue weighted by Gasteiger charge is 2.31. The molecule has 2 N–H and O–H groups in total. The van der Waals surface area contributed by atoms with Crippen molar-refractivity contribution < 1.29 is 14.7 Å². The van der Waals surface area contributed by atoms with Crippen LogP contribution in [0, 0.1) is 0 Å². The molecule has 0 bridgehead atoms. The van der Waals surface area contributed by atoms with Crippen molar-refractivity contribution in [1.29, 1.82) is 0 Å². The maximum absolute atomic E-state index is 12.1. The van der Waals surface area contributed by atoms with Gasteiger partial charge in [0.25, 0.3) is 5.91 Å². The molecule has 1 aromatic rings. The van der Waals surface area contributed by atoms with Crippen molar-refractivity contribution in [3.8, 4) is 0 Å². The molecule has 0 saturated carbocycles. The van der Waals surface area contributed by atoms with Crippen LogP contribution >= 0.6 is 0 Å². The van der Waals surface area contributed by atoms with Crippen molar-refractivity contribution >= 4 is 11.9 Å². The number of nitrogens with zero attached hydrogens (tertiary/aromatic N) is 2. The zero-order valence-electron chi connectivity index (χ0n) is 11.6. The molecule has 1 aromatic heterocycles. The van der Waals surface area contributed by atoms with Crippen molar-refractivity contribution in [3.63, 3.8) is 0 Å². The molecule has 0 aliphatic carbocycles. The van der Waals surface area contributed by atoms with Gasteiger partial charge >= 0.3 is 5.97 Å². The first kappa shape index (κ1) is 15.2. The molecule has 19 heavy (non-hydrogen) atoms. The quantitative estimate of drug-likeness (QED) is 0.787. The van der Waals surface area contributed by atoms with Gasteiger partial charge in [0.05, 0.1) is 23.7 Å². The van der Waals surface area contributed by atoms with Gasteiger partial charge in [-0.1, -0.05) is 13.8 Å². The van der Waals surface area contributed by atoms with Gasteiger partial charge in [-0.05, 0) is 19.8 Å². The summed E-state index contributed by atoms with van der Waals surface area (Å²) in [4.78, 5) is 23.1. The van der Waals surface area contributed by atoms with Crippen LogP contribution in [0.4, 0.5) is 0 Å². The summed E-state index contributed by atoms with van der Waals surface area (Å²) in [6.45, 7) is 6.38. The first-order chi connectivity index (χ1) is 8.96. The van der Waals surface area contributed by atoms with Gasteiger partial charge in [0.1, 0.15) is 0 Å². The van der Waals surface area contributed by atoms with E-state index in [0.29, 0.717) is 24.9 Å². The van der Waals surface area contributed by atoms with E-state index in [-0.39, 0.29) is 12.3 Å². The average Bonchev–Trinajstić information content (AvgIpc) is 2.86. The average molecular weight is 267 g/mol. The van der Waals surface area contributed by atoms with Crippen molar-refractivity contribution in [2.45, 2.75) is 52.1 Å². The molecule has 1 amide bonds. The van der Waals surface area contributed by atoms with E-state index in [0.717, 1.165) is 0 Å². The Kier molecular flexibility index (Phi) is 5.09. The number of aromatic nitrogens is 2. The minimum Gasteiger partial charge on any atom is -0.481 e. The molecular formula is C13H21N3O3. The molecule has 1 rings (SSSR count). The van der Waals surface area contributed by atoms with E-state index in [9.17, 15) is 9.59 Å². The molecule has 0 aliphatic heterocycles. The predicted octanol–water partition coefficient (Wildman–Crippen LogP) is 1.67. The summed E-state index contributed by atoms with van der Waals surface area (Å²) in [5.41, 5.74) is -0.240. The number of carbonyl (C=O) groups excluding carboxylic acids is 1. The van der Waals surface area contributed by atoms with Crippen LogP contribution in [-0.2, 0) is 11.3 Å². The molecule has 0 atom stereocenters. The number of carbonyl (C=O) groups is 2. The number of nitrogens with one attached hydrogen (secondary N) is 1. The van der Waals surface area contributed by atoms with E-state index < -0.39 is 11.5 Å². The lowest BCUT2D eigenvalue weighted by Gasteiger charge is -2.31. The van der Waals surface area contributed by atoms with Gasteiger partial charge in [0, 0.05) is 12.7 Å². The molecule has 0 saturated heterocycles. The molecule has 0 radical (unpaired) electrons. The summed E-state index contributed by atoms with van der Waals surface area (Å²) >= 11 is 0. The number of aliphatic carboxylic acids is 1. The van der Waals surface area contributed by atoms with Gasteiger partial charge in [-0.15, -0.1) is 0 Å². The first-order valence-corrected chi connectivity index (χ1v) is 6.53. The fraction of sp³-hybridized carbons (Fsp3) is 0.615. The van der Waals surface area contributed by atoms with Crippen LogP contribution in [0.2, 0.25) is 0 Å². The van der Waals surface area contributed by atoms with Crippen LogP contribution in [-0.4, -0.2) is 32.3 Å². The molecule has 0 fully saturated rings. The number of carboxylic acids is 1. The van der Waals surface area contributed by atoms with E-state index in [1.807, 2.05) is 20.8 Å². The standard InChI is InChI=1S/C13H21N3O3/c1-4-13(5-2,7-11(17)18)15-12(19)10-8-14-16(6-3)9-10/h8-9H,4-7H2,1-3H3,(H,15,19)(H,17,18). The van der Waals surface area contributed by atoms with E-state index >= 15 is 0 Å². The SMILES string of the molecule is CCn1cc(C(=O)NC(CC)(CC)CC(=O)O)cn1. The Balaban J connectivity index is 2.84. The van der Waals surface area contributed by atoms with Crippen LogP contribution < -0.4 is 5.32 Å². The highest BCUT2D eigenvalue weighted by molar-refractivity contribution is 5.94. The van der Waals surface area contributed by atoms with Crippen LogP contribution in [0.5, 0.6) is 0 Å². The topological polar surface area (TPSA) is 84.2 Å². The molecule has 6 nitrogen and oxygen atoms in total. The summed E-state index contributed by atoms with van der Waals surface area (Å²) in [5.74, 6) is -1.18. The van der Waals surface area contributed by atoms with Gasteiger partial charge in [0.2, 0.25) is 0 Å². The van der Waals surface area contributed by atoms with Gasteiger partial charge in [-0.3, -0.25) is 14.3 Å². The summed E-state index contributed by atoms with van der Waals surface area (Å²) in [6.07, 6.45) is 4.22. The Morgan fingerprint density at radius 1 is 1.37 bits per heavy atom. The van der Waals surface area contributed by atoms with E-state index in [1.165, 1.54) is 6.20 Å². The number of aryl methyl sites for hydroxylation is 1. The molecule has 6 heteroatoms. The van der Waals surface area contributed by atoms with Crippen molar-refractivity contribution in [3.05, 3.63) is 18.0 Å². The lowest BCUT2D eigenvalue weighted by atomic mass is 9.88. The second-order valence-electron chi connectivity index (χ2n) is 4.60. The maximum Gasteiger partial charge on any atom is 0.305 e. The summed E-state index contributed by atoms with van der Waals surface area (Å²) < 4.78 is 1.66. The smallest absolute Gasteiger partial charge is 0.305 e. The van der Waals surface area contributed by atoms with Crippen LogP contribution in [0.25, 0.3) is 0 Å². The van der Waals surface area contributed by atoms with E-state index in [1.54, 1.807) is 10.9 Å². The second-order valence-corrected chi connectivity index (χ2v) is 4.60. The third-order valence-electron chi connectivity index (χ3n) is 3.44. The normalized spacial score (nSPS) is 11.3. The number of hydrogen-bond acceptors (Lipinski definition) is 3. The highest BCUT2D eigenvalue weighted by Crippen LogP contribution is 2.20. The van der Waals surface area contributed by atoms with Crippen LogP contribution in [0.3, 0.4) is 0 Å². The summed E-state index contributed by atoms with van der Waals surface area (Å²) in [5, 5.41) is 15.8. The van der Waals surface area contributed by atoms with Crippen molar-refractivity contribution in [2.75, 3.05) is 0 Å². The van der Waals surface area contributed by atoms with Gasteiger partial charge < -0.3 is 10.4 Å². The minimum absolute atomic E-state index is 0.0757. The molecule has 0 spiro atoms. The molecule has 106 valence electrons. The third kappa shape index (κ3) is 3.81. The zero-order chi connectivity index (χ0) is 14.5. The molecular weight excluding hydrogens is 246 g/mol. The summed E-state index contributed by atoms with van der Waals surface area (Å²) in [7, 11) is 0. The maximum atomic E-state index is 12.1. The van der Waals surface area contributed by atoms with E-state index in [2.05, 4.69) is 10.4 Å². The van der Waals surface area contributed by atoms with Crippen LogP contribution in [0.15, 0.2) is 12.4 Å². The van der Waals surface area contributed by atoms with Gasteiger partial charge in [-0.2, -0.15) is 5.10 Å². The summed E-state index contributed by atoms with van der Waals surface area (Å²) in [6, 6.07) is 0. The molecule has 0 unspecified atom stereocenters. The highest BCUT2D eigenvalue weighted by atomic mass is 16.4. The van der Waals surface area contributed by atoms with Gasteiger partial charge in [-0.25, -0.2) is 0 Å². The fourth-order valence-electron chi connectivity index (χ4n) is 1.98. The lowest BCUT2D eigenvalue weighted by Crippen LogP contribution is -2.49. The fourth-order valence-corrected chi connectivity index (χ4v) is 1.98. The number of amides is 1. The Morgan fingerprint density at radius 2 is 2.00 bits per heavy atom. The lowest BCUT2D eigenvalue weighted by molar-refractivity contribution is -0.138. The second kappa shape index (κ2) is 6.36. The first-order valence-electron chi connectivity index (χ1n) is 6.53. The third-order valence-corrected chi connectivity index (χ3v) is 3.44. The Labute approximate surface area is 112 Å². The van der Waals surface area contributed by atoms with Gasteiger partial charge in [0.15, 0.2) is 0 Å². The molecule has 0 aromatic carbocycles. The largest absolute Gasteiger partial charge is 0.481 e. The Hall–Kier alpha value is -1.85. The van der Waals surface area contributed by atoms with Crippen molar-refractivity contribution in [2.24, 2.45) is 0 Å². The molecule has 0 aliphatic rings. The van der Waals surface area contributed by atoms with E-state index in [4.69, 9.17) is 5.11 Å². The number of hydrogen-bond donors (Lipinski definition) is 2. The number of rotatable bonds is 7. The Morgan fingerprint density at radius 3 is 2.42 bits per heavy atom. The minimum atomic E-state index is -0.909. The van der Waals surface area contributed by atoms with Crippen LogP contribution in [0.1, 0.15) is 50.4 Å². The van der Waals surface area contributed by atoms with Crippen molar-refractivity contribution in [1.82, 2.24) is 15.1 Å². The number of carboxylic acid groups (broad SMARTS) is 1. The monoisotopic (exact) mass is 267 g/mol.